The minimum atomic E-state index is -0.598. The van der Waals surface area contributed by atoms with E-state index in [2.05, 4.69) is 10.6 Å². The second-order valence-corrected chi connectivity index (χ2v) is 10.5. The number of hydrogen-bond donors (Lipinski definition) is 2. The molecule has 2 N–H and O–H groups in total. The maximum Gasteiger partial charge on any atom is 0.306 e. The minimum Gasteiger partial charge on any atom is -0.469 e. The Morgan fingerprint density at radius 1 is 1.06 bits per heavy atom. The van der Waals surface area contributed by atoms with Crippen LogP contribution < -0.4 is 10.6 Å². The number of carbonyl (C=O) groups is 4. The number of amides is 2. The molecule has 2 amide bonds. The van der Waals surface area contributed by atoms with Crippen molar-refractivity contribution in [2.75, 3.05) is 13.7 Å². The lowest BCUT2D eigenvalue weighted by molar-refractivity contribution is -0.141. The zero-order valence-corrected chi connectivity index (χ0v) is 21.1. The Labute approximate surface area is 197 Å². The van der Waals surface area contributed by atoms with E-state index in [1.54, 1.807) is 0 Å². The first kappa shape index (κ1) is 28.5. The van der Waals surface area contributed by atoms with Gasteiger partial charge in [0, 0.05) is 18.7 Å². The topological polar surface area (TPSA) is 102 Å². The van der Waals surface area contributed by atoms with E-state index >= 15 is 0 Å². The van der Waals surface area contributed by atoms with E-state index in [9.17, 15) is 19.2 Å². The van der Waals surface area contributed by atoms with Crippen molar-refractivity contribution < 1.29 is 23.9 Å². The third-order valence-corrected chi connectivity index (χ3v) is 6.91. The molecule has 184 valence electrons. The Bertz CT molecular complexity index is 611. The van der Waals surface area contributed by atoms with Crippen LogP contribution in [0, 0.1) is 11.8 Å². The summed E-state index contributed by atoms with van der Waals surface area (Å²) in [5.74, 6) is -1.26. The average molecular weight is 471 g/mol. The van der Waals surface area contributed by atoms with Crippen LogP contribution in [0.4, 0.5) is 0 Å². The van der Waals surface area contributed by atoms with Crippen LogP contribution >= 0.6 is 11.8 Å². The number of rotatable bonds is 8. The van der Waals surface area contributed by atoms with Crippen LogP contribution in [0.3, 0.4) is 0 Å². The normalized spacial score (nSPS) is 20.7. The smallest absolute Gasteiger partial charge is 0.306 e. The monoisotopic (exact) mass is 470 g/mol. The van der Waals surface area contributed by atoms with Crippen LogP contribution in [-0.4, -0.2) is 47.8 Å². The molecular weight excluding hydrogens is 428 g/mol. The molecule has 1 fully saturated rings. The quantitative estimate of drug-likeness (QED) is 0.520. The zero-order valence-electron chi connectivity index (χ0n) is 20.2. The van der Waals surface area contributed by atoms with Gasteiger partial charge in [-0.3, -0.25) is 19.2 Å². The Morgan fingerprint density at radius 2 is 1.66 bits per heavy atom. The summed E-state index contributed by atoms with van der Waals surface area (Å²) in [6.45, 7) is 6.05. The molecule has 0 aromatic carbocycles. The maximum absolute atomic E-state index is 13.3. The number of hydrogen-bond acceptors (Lipinski definition) is 6. The van der Waals surface area contributed by atoms with E-state index < -0.39 is 23.2 Å². The second-order valence-electron chi connectivity index (χ2n) is 9.13. The van der Waals surface area contributed by atoms with E-state index in [0.29, 0.717) is 19.4 Å². The van der Waals surface area contributed by atoms with Gasteiger partial charge in [-0.15, -0.1) is 0 Å². The Morgan fingerprint density at radius 3 is 2.22 bits per heavy atom. The third-order valence-electron chi connectivity index (χ3n) is 5.78. The fraction of sp³-hybridized carbons (Fsp3) is 0.833. The number of ether oxygens (including phenoxy) is 1. The maximum atomic E-state index is 13.3. The van der Waals surface area contributed by atoms with Gasteiger partial charge >= 0.3 is 5.97 Å². The zero-order chi connectivity index (χ0) is 23.9. The van der Waals surface area contributed by atoms with Gasteiger partial charge in [-0.25, -0.2) is 0 Å². The SMILES string of the molecule is COC(=O)CC(SC(C)=O)C(CC(C)C)C(=O)NC1CCCCCCCCCCNC1=O. The van der Waals surface area contributed by atoms with Gasteiger partial charge in [0.2, 0.25) is 11.8 Å². The van der Waals surface area contributed by atoms with Gasteiger partial charge < -0.3 is 15.4 Å². The first-order chi connectivity index (χ1) is 15.2. The molecule has 1 saturated heterocycles. The van der Waals surface area contributed by atoms with E-state index in [1.165, 1.54) is 33.3 Å². The van der Waals surface area contributed by atoms with Crippen molar-refractivity contribution in [3.8, 4) is 0 Å². The number of thioether (sulfide) groups is 1. The molecule has 1 rings (SSSR count). The number of nitrogens with one attached hydrogen (secondary N) is 2. The van der Waals surface area contributed by atoms with Crippen LogP contribution in [0.1, 0.15) is 91.4 Å². The summed E-state index contributed by atoms with van der Waals surface area (Å²) >= 11 is 1.00. The summed E-state index contributed by atoms with van der Waals surface area (Å²) in [6.07, 6.45) is 9.84. The molecular formula is C24H42N2O5S. The summed E-state index contributed by atoms with van der Waals surface area (Å²) in [6, 6.07) is -0.598. The van der Waals surface area contributed by atoms with Crippen LogP contribution in [0.2, 0.25) is 0 Å². The van der Waals surface area contributed by atoms with Crippen molar-refractivity contribution in [1.82, 2.24) is 10.6 Å². The number of carbonyl (C=O) groups excluding carboxylic acids is 4. The highest BCUT2D eigenvalue weighted by molar-refractivity contribution is 8.14. The highest BCUT2D eigenvalue weighted by Gasteiger charge is 2.34. The molecule has 32 heavy (non-hydrogen) atoms. The van der Waals surface area contributed by atoms with Crippen molar-refractivity contribution in [3.63, 3.8) is 0 Å². The van der Waals surface area contributed by atoms with E-state index in [-0.39, 0.29) is 29.3 Å². The number of methoxy groups -OCH3 is 1. The summed E-state index contributed by atoms with van der Waals surface area (Å²) in [7, 11) is 1.30. The summed E-state index contributed by atoms with van der Waals surface area (Å²) in [5.41, 5.74) is 0. The molecule has 0 aromatic rings. The highest BCUT2D eigenvalue weighted by atomic mass is 32.2. The van der Waals surface area contributed by atoms with Crippen molar-refractivity contribution in [1.29, 1.82) is 0 Å². The summed E-state index contributed by atoms with van der Waals surface area (Å²) in [4.78, 5) is 50.0. The van der Waals surface area contributed by atoms with Gasteiger partial charge in [0.1, 0.15) is 6.04 Å². The van der Waals surface area contributed by atoms with Crippen molar-refractivity contribution >= 4 is 34.7 Å². The van der Waals surface area contributed by atoms with Crippen LogP contribution in [-0.2, 0) is 23.9 Å². The molecule has 7 nitrogen and oxygen atoms in total. The number of esters is 1. The van der Waals surface area contributed by atoms with Gasteiger partial charge in [-0.05, 0) is 25.2 Å². The average Bonchev–Trinajstić information content (AvgIpc) is 2.74. The molecule has 3 atom stereocenters. The predicted molar refractivity (Wildman–Crippen MR) is 128 cm³/mol. The fourth-order valence-electron chi connectivity index (χ4n) is 4.08. The Kier molecular flexibility index (Phi) is 14.3. The van der Waals surface area contributed by atoms with Gasteiger partial charge in [0.15, 0.2) is 5.12 Å². The van der Waals surface area contributed by atoms with Gasteiger partial charge in [-0.2, -0.15) is 0 Å². The lowest BCUT2D eigenvalue weighted by atomic mass is 9.91. The molecule has 0 radical (unpaired) electrons. The third kappa shape index (κ3) is 11.9. The fourth-order valence-corrected chi connectivity index (χ4v) is 5.12. The molecule has 0 saturated carbocycles. The molecule has 1 aliphatic heterocycles. The van der Waals surface area contributed by atoms with Crippen LogP contribution in [0.25, 0.3) is 0 Å². The molecule has 1 heterocycles. The predicted octanol–water partition coefficient (Wildman–Crippen LogP) is 3.99. The van der Waals surface area contributed by atoms with Crippen LogP contribution in [0.15, 0.2) is 0 Å². The van der Waals surface area contributed by atoms with Gasteiger partial charge in [0.25, 0.3) is 0 Å². The molecule has 1 aliphatic rings. The van der Waals surface area contributed by atoms with Gasteiger partial charge in [-0.1, -0.05) is 70.6 Å². The molecule has 0 spiro atoms. The van der Waals surface area contributed by atoms with Crippen LogP contribution in [0.5, 0.6) is 0 Å². The van der Waals surface area contributed by atoms with E-state index in [1.807, 2.05) is 13.8 Å². The molecule has 0 bridgehead atoms. The highest BCUT2D eigenvalue weighted by Crippen LogP contribution is 2.30. The van der Waals surface area contributed by atoms with Crippen molar-refractivity contribution in [2.24, 2.45) is 11.8 Å². The largest absolute Gasteiger partial charge is 0.469 e. The van der Waals surface area contributed by atoms with Gasteiger partial charge in [0.05, 0.1) is 19.4 Å². The minimum absolute atomic E-state index is 0.0254. The first-order valence-electron chi connectivity index (χ1n) is 12.1. The van der Waals surface area contributed by atoms with Crippen molar-refractivity contribution in [3.05, 3.63) is 0 Å². The molecule has 3 unspecified atom stereocenters. The Balaban J connectivity index is 2.97. The molecule has 0 aliphatic carbocycles. The van der Waals surface area contributed by atoms with E-state index in [0.717, 1.165) is 43.9 Å². The summed E-state index contributed by atoms with van der Waals surface area (Å²) in [5, 5.41) is 5.25. The second kappa shape index (κ2) is 16.1. The lowest BCUT2D eigenvalue weighted by Gasteiger charge is -2.28. The molecule has 0 aromatic heterocycles. The lowest BCUT2D eigenvalue weighted by Crippen LogP contribution is -2.50. The Hall–Kier alpha value is -1.57. The first-order valence-corrected chi connectivity index (χ1v) is 12.9. The van der Waals surface area contributed by atoms with Crippen molar-refractivity contribution in [2.45, 2.75) is 103 Å². The molecule has 8 heteroatoms. The summed E-state index contributed by atoms with van der Waals surface area (Å²) < 4.78 is 4.79. The van der Waals surface area contributed by atoms with E-state index in [4.69, 9.17) is 4.74 Å². The standard InChI is InChI=1S/C24H42N2O5S/c1-17(2)15-19(21(32-18(3)27)16-22(28)31-4)23(29)26-20-13-11-9-7-5-6-8-10-12-14-25-24(20)30/h17,19-21H,5-16H2,1-4H3,(H,25,30)(H,26,29).